The maximum Gasteiger partial charge on any atom is 0.409 e. The van der Waals surface area contributed by atoms with Crippen molar-refractivity contribution in [1.82, 2.24) is 25.1 Å². The lowest BCUT2D eigenvalue weighted by molar-refractivity contribution is -0.138. The summed E-state index contributed by atoms with van der Waals surface area (Å²) in [4.78, 5) is 62.0. The van der Waals surface area contributed by atoms with Crippen LogP contribution in [0, 0.1) is 0 Å². The molecule has 2 heterocycles. The van der Waals surface area contributed by atoms with Gasteiger partial charge in [0.25, 0.3) is 5.91 Å². The molecule has 1 aromatic carbocycles. The van der Waals surface area contributed by atoms with Crippen molar-refractivity contribution >= 4 is 35.6 Å². The maximum atomic E-state index is 13.3. The van der Waals surface area contributed by atoms with Gasteiger partial charge in [-0.1, -0.05) is 44.2 Å². The Balaban J connectivity index is 1.79. The Morgan fingerprint density at radius 3 is 2.32 bits per heavy atom. The fraction of sp³-hybridized carbons (Fsp3) is 0.462. The second-order valence-corrected chi connectivity index (χ2v) is 10.5. The third kappa shape index (κ3) is 8.17. The molecule has 1 aliphatic heterocycles. The van der Waals surface area contributed by atoms with E-state index >= 15 is 0 Å². The highest BCUT2D eigenvalue weighted by Gasteiger charge is 2.31. The first-order chi connectivity index (χ1) is 18.2. The second kappa shape index (κ2) is 13.8. The highest BCUT2D eigenvalue weighted by molar-refractivity contribution is 7.99. The zero-order valence-corrected chi connectivity index (χ0v) is 22.6. The zero-order chi connectivity index (χ0) is 27.7. The van der Waals surface area contributed by atoms with Crippen molar-refractivity contribution < 1.29 is 29.0 Å². The number of aromatic nitrogens is 2. The van der Waals surface area contributed by atoms with Crippen LogP contribution in [-0.2, 0) is 14.3 Å². The number of ether oxygens (including phenoxy) is 1. The standard InChI is InChI=1S/C26H33N5O6S/c1-4-37-26(36)31-14-12-30(13-15-31)25(35)19(10-11-22(32)33)28-24(34)20-16-21(38-17(2)3)29-23(27-20)18-8-6-5-7-9-18/h5-9,16-17,19H,4,10-15H2,1-3H3,(H,28,34)(H,32,33)/t19-/m0/s1. The van der Waals surface area contributed by atoms with E-state index in [1.807, 2.05) is 44.2 Å². The summed E-state index contributed by atoms with van der Waals surface area (Å²) < 4.78 is 5.01. The first-order valence-corrected chi connectivity index (χ1v) is 13.4. The van der Waals surface area contributed by atoms with Crippen molar-refractivity contribution in [3.8, 4) is 11.4 Å². The third-order valence-electron chi connectivity index (χ3n) is 5.69. The van der Waals surface area contributed by atoms with Gasteiger partial charge >= 0.3 is 12.1 Å². The number of piperazine rings is 1. The Morgan fingerprint density at radius 2 is 1.71 bits per heavy atom. The van der Waals surface area contributed by atoms with Crippen molar-refractivity contribution in [2.24, 2.45) is 0 Å². The molecule has 1 atom stereocenters. The quantitative estimate of drug-likeness (QED) is 0.342. The van der Waals surface area contributed by atoms with Crippen LogP contribution in [0.25, 0.3) is 11.4 Å². The molecule has 2 N–H and O–H groups in total. The van der Waals surface area contributed by atoms with Crippen LogP contribution in [0.3, 0.4) is 0 Å². The Labute approximate surface area is 226 Å². The first-order valence-electron chi connectivity index (χ1n) is 12.5. The van der Waals surface area contributed by atoms with E-state index in [0.717, 1.165) is 5.56 Å². The molecule has 0 radical (unpaired) electrons. The number of amides is 3. The van der Waals surface area contributed by atoms with Crippen molar-refractivity contribution in [1.29, 1.82) is 0 Å². The van der Waals surface area contributed by atoms with E-state index in [4.69, 9.17) is 4.74 Å². The molecule has 1 aromatic heterocycles. The number of rotatable bonds is 10. The number of thioether (sulfide) groups is 1. The fourth-order valence-electron chi connectivity index (χ4n) is 3.86. The number of nitrogens with one attached hydrogen (secondary N) is 1. The Kier molecular flexibility index (Phi) is 10.5. The van der Waals surface area contributed by atoms with Gasteiger partial charge in [0.1, 0.15) is 16.8 Å². The number of carbonyl (C=O) groups excluding carboxylic acids is 3. The molecule has 3 amide bonds. The number of benzene rings is 1. The van der Waals surface area contributed by atoms with Crippen molar-refractivity contribution in [3.63, 3.8) is 0 Å². The molecule has 1 fully saturated rings. The molecule has 1 saturated heterocycles. The summed E-state index contributed by atoms with van der Waals surface area (Å²) >= 11 is 1.48. The molecular weight excluding hydrogens is 510 g/mol. The van der Waals surface area contributed by atoms with Crippen LogP contribution in [0.4, 0.5) is 4.79 Å². The molecule has 0 saturated carbocycles. The monoisotopic (exact) mass is 543 g/mol. The van der Waals surface area contributed by atoms with Crippen LogP contribution in [0.1, 0.15) is 44.1 Å². The lowest BCUT2D eigenvalue weighted by Gasteiger charge is -2.35. The Hall–Kier alpha value is -3.67. The number of nitrogens with zero attached hydrogens (tertiary/aromatic N) is 4. The van der Waals surface area contributed by atoms with E-state index < -0.39 is 29.9 Å². The maximum absolute atomic E-state index is 13.3. The molecule has 12 heteroatoms. The molecule has 0 spiro atoms. The normalized spacial score (nSPS) is 14.2. The minimum Gasteiger partial charge on any atom is -0.481 e. The van der Waals surface area contributed by atoms with Gasteiger partial charge < -0.3 is 25.0 Å². The highest BCUT2D eigenvalue weighted by atomic mass is 32.2. The van der Waals surface area contributed by atoms with Crippen molar-refractivity contribution in [2.75, 3.05) is 32.8 Å². The fourth-order valence-corrected chi connectivity index (χ4v) is 4.66. The highest BCUT2D eigenvalue weighted by Crippen LogP contribution is 2.25. The van der Waals surface area contributed by atoms with Crippen LogP contribution in [0.2, 0.25) is 0 Å². The number of aliphatic carboxylic acids is 1. The lowest BCUT2D eigenvalue weighted by Crippen LogP contribution is -2.56. The van der Waals surface area contributed by atoms with Gasteiger partial charge in [0, 0.05) is 49.5 Å². The molecule has 2 aromatic rings. The number of hydrogen-bond donors (Lipinski definition) is 2. The first kappa shape index (κ1) is 28.9. The van der Waals surface area contributed by atoms with Crippen molar-refractivity contribution in [2.45, 2.75) is 49.9 Å². The van der Waals surface area contributed by atoms with Crippen LogP contribution >= 0.6 is 11.8 Å². The van der Waals surface area contributed by atoms with Gasteiger partial charge in [0.2, 0.25) is 5.91 Å². The Bertz CT molecular complexity index is 1140. The average molecular weight is 544 g/mol. The van der Waals surface area contributed by atoms with Gasteiger partial charge in [-0.05, 0) is 13.3 Å². The van der Waals surface area contributed by atoms with E-state index in [2.05, 4.69) is 15.3 Å². The molecular formula is C26H33N5O6S. The van der Waals surface area contributed by atoms with Gasteiger partial charge in [0.15, 0.2) is 5.82 Å². The van der Waals surface area contributed by atoms with Gasteiger partial charge in [-0.15, -0.1) is 11.8 Å². The number of carboxylic acids is 1. The lowest BCUT2D eigenvalue weighted by atomic mass is 10.1. The molecule has 11 nitrogen and oxygen atoms in total. The molecule has 0 aliphatic carbocycles. The van der Waals surface area contributed by atoms with E-state index in [-0.39, 0.29) is 56.6 Å². The van der Waals surface area contributed by atoms with Crippen molar-refractivity contribution in [3.05, 3.63) is 42.1 Å². The van der Waals surface area contributed by atoms with Crippen LogP contribution in [0.5, 0.6) is 0 Å². The number of carboxylic acid groups (broad SMARTS) is 1. The number of hydrogen-bond acceptors (Lipinski definition) is 8. The predicted octanol–water partition coefficient (Wildman–Crippen LogP) is 2.91. The largest absolute Gasteiger partial charge is 0.481 e. The molecule has 3 rings (SSSR count). The molecule has 0 bridgehead atoms. The minimum atomic E-state index is -1.08. The summed E-state index contributed by atoms with van der Waals surface area (Å²) in [6, 6.07) is 9.76. The molecule has 0 unspecified atom stereocenters. The summed E-state index contributed by atoms with van der Waals surface area (Å²) in [5, 5.41) is 12.7. The van der Waals surface area contributed by atoms with Gasteiger partial charge in [-0.2, -0.15) is 0 Å². The summed E-state index contributed by atoms with van der Waals surface area (Å²) in [5.74, 6) is -1.69. The summed E-state index contributed by atoms with van der Waals surface area (Å²) in [6.07, 6.45) is -0.821. The van der Waals surface area contributed by atoms with Crippen LogP contribution < -0.4 is 5.32 Å². The predicted molar refractivity (Wildman–Crippen MR) is 142 cm³/mol. The Morgan fingerprint density at radius 1 is 1.05 bits per heavy atom. The molecule has 1 aliphatic rings. The van der Waals surface area contributed by atoms with E-state index in [9.17, 15) is 24.3 Å². The minimum absolute atomic E-state index is 0.0811. The summed E-state index contributed by atoms with van der Waals surface area (Å²) in [7, 11) is 0. The number of carbonyl (C=O) groups is 4. The summed E-state index contributed by atoms with van der Waals surface area (Å²) in [5.41, 5.74) is 0.827. The topological polar surface area (TPSA) is 142 Å². The van der Waals surface area contributed by atoms with Gasteiger partial charge in [-0.3, -0.25) is 14.4 Å². The van der Waals surface area contributed by atoms with E-state index in [0.29, 0.717) is 10.9 Å². The smallest absolute Gasteiger partial charge is 0.409 e. The third-order valence-corrected chi connectivity index (χ3v) is 6.61. The molecule has 38 heavy (non-hydrogen) atoms. The van der Waals surface area contributed by atoms with Crippen LogP contribution in [0.15, 0.2) is 41.4 Å². The zero-order valence-electron chi connectivity index (χ0n) is 21.8. The SMILES string of the molecule is CCOC(=O)N1CCN(C(=O)[C@H](CCC(=O)O)NC(=O)c2cc(SC(C)C)nc(-c3ccccc3)n2)CC1. The average Bonchev–Trinajstić information content (AvgIpc) is 2.90. The van der Waals surface area contributed by atoms with E-state index in [1.165, 1.54) is 21.6 Å². The summed E-state index contributed by atoms with van der Waals surface area (Å²) in [6.45, 7) is 7.06. The van der Waals surface area contributed by atoms with E-state index in [1.54, 1.807) is 13.0 Å². The van der Waals surface area contributed by atoms with Gasteiger partial charge in [-0.25, -0.2) is 14.8 Å². The second-order valence-electron chi connectivity index (χ2n) is 8.92. The molecule has 204 valence electrons. The van der Waals surface area contributed by atoms with Gasteiger partial charge in [0.05, 0.1) is 6.61 Å². The van der Waals surface area contributed by atoms with Crippen LogP contribution in [-0.4, -0.2) is 92.8 Å².